The number of halogens is 1. The van der Waals surface area contributed by atoms with Crippen LogP contribution >= 0.6 is 15.9 Å². The molecule has 1 aromatic heterocycles. The van der Waals surface area contributed by atoms with Crippen molar-refractivity contribution < 1.29 is 14.6 Å². The van der Waals surface area contributed by atoms with E-state index >= 15 is 0 Å². The lowest BCUT2D eigenvalue weighted by Gasteiger charge is -2.18. The van der Waals surface area contributed by atoms with Crippen molar-refractivity contribution in [3.05, 3.63) is 51.3 Å². The molecular formula is C16H18BrNO3. The summed E-state index contributed by atoms with van der Waals surface area (Å²) in [4.78, 5) is 4.35. The zero-order valence-corrected chi connectivity index (χ0v) is 14.1. The van der Waals surface area contributed by atoms with Gasteiger partial charge in [0.1, 0.15) is 22.1 Å². The summed E-state index contributed by atoms with van der Waals surface area (Å²) in [6.07, 6.45) is 0.888. The van der Waals surface area contributed by atoms with E-state index < -0.39 is 6.10 Å². The van der Waals surface area contributed by atoms with Gasteiger partial charge in [0.15, 0.2) is 0 Å². The van der Waals surface area contributed by atoms with E-state index in [9.17, 15) is 5.11 Å². The molecule has 0 aliphatic carbocycles. The SMILES string of the molecule is COc1ccc(C(O)c2ncc(C)cc2C)c(OC)c1Br. The molecule has 1 heterocycles. The summed E-state index contributed by atoms with van der Waals surface area (Å²) in [5, 5.41) is 10.7. The number of rotatable bonds is 4. The van der Waals surface area contributed by atoms with Crippen LogP contribution in [-0.4, -0.2) is 24.3 Å². The topological polar surface area (TPSA) is 51.6 Å². The summed E-state index contributed by atoms with van der Waals surface area (Å²) in [6.45, 7) is 3.91. The minimum absolute atomic E-state index is 0.545. The summed E-state index contributed by atoms with van der Waals surface area (Å²) >= 11 is 3.44. The number of aliphatic hydroxyl groups excluding tert-OH is 1. The van der Waals surface area contributed by atoms with E-state index in [1.807, 2.05) is 19.9 Å². The Hall–Kier alpha value is -1.59. The summed E-state index contributed by atoms with van der Waals surface area (Å²) in [5.41, 5.74) is 3.27. The van der Waals surface area contributed by atoms with Crippen LogP contribution in [0, 0.1) is 13.8 Å². The molecule has 2 rings (SSSR count). The molecule has 0 aliphatic heterocycles. The van der Waals surface area contributed by atoms with Crippen molar-refractivity contribution >= 4 is 15.9 Å². The second-order valence-electron chi connectivity index (χ2n) is 4.82. The van der Waals surface area contributed by atoms with Gasteiger partial charge in [0.2, 0.25) is 0 Å². The van der Waals surface area contributed by atoms with Crippen LogP contribution in [0.5, 0.6) is 11.5 Å². The fraction of sp³-hybridized carbons (Fsp3) is 0.312. The van der Waals surface area contributed by atoms with Crippen molar-refractivity contribution in [3.63, 3.8) is 0 Å². The van der Waals surface area contributed by atoms with Gasteiger partial charge in [-0.25, -0.2) is 0 Å². The maximum absolute atomic E-state index is 10.7. The molecule has 2 aromatic rings. The van der Waals surface area contributed by atoms with Crippen LogP contribution in [0.15, 0.2) is 28.9 Å². The number of methoxy groups -OCH3 is 2. The molecule has 21 heavy (non-hydrogen) atoms. The van der Waals surface area contributed by atoms with Gasteiger partial charge in [-0.1, -0.05) is 6.07 Å². The molecule has 5 heteroatoms. The van der Waals surface area contributed by atoms with E-state index in [0.717, 1.165) is 11.1 Å². The normalized spacial score (nSPS) is 12.1. The Morgan fingerprint density at radius 1 is 1.19 bits per heavy atom. The molecular weight excluding hydrogens is 334 g/mol. The first-order chi connectivity index (χ1) is 9.99. The fourth-order valence-electron chi connectivity index (χ4n) is 2.29. The molecule has 112 valence electrons. The molecule has 1 atom stereocenters. The lowest BCUT2D eigenvalue weighted by atomic mass is 10.0. The van der Waals surface area contributed by atoms with Gasteiger partial charge in [0, 0.05) is 11.8 Å². The molecule has 0 spiro atoms. The second-order valence-corrected chi connectivity index (χ2v) is 5.61. The van der Waals surface area contributed by atoms with Crippen LogP contribution in [-0.2, 0) is 0 Å². The minimum atomic E-state index is -0.859. The lowest BCUT2D eigenvalue weighted by molar-refractivity contribution is 0.208. The molecule has 0 bridgehead atoms. The molecule has 0 aliphatic rings. The smallest absolute Gasteiger partial charge is 0.143 e. The number of hydrogen-bond donors (Lipinski definition) is 1. The van der Waals surface area contributed by atoms with Gasteiger partial charge in [0.05, 0.1) is 19.9 Å². The van der Waals surface area contributed by atoms with Crippen LogP contribution < -0.4 is 9.47 Å². The van der Waals surface area contributed by atoms with Crippen molar-refractivity contribution in [2.45, 2.75) is 20.0 Å². The Kier molecular flexibility index (Phi) is 4.85. The second kappa shape index (κ2) is 6.45. The summed E-state index contributed by atoms with van der Waals surface area (Å²) < 4.78 is 11.3. The number of aryl methyl sites for hydroxylation is 2. The highest BCUT2D eigenvalue weighted by Crippen LogP contribution is 2.41. The maximum atomic E-state index is 10.7. The average Bonchev–Trinajstić information content (AvgIpc) is 2.46. The van der Waals surface area contributed by atoms with Crippen LogP contribution in [0.1, 0.15) is 28.5 Å². The van der Waals surface area contributed by atoms with Crippen molar-refractivity contribution in [1.29, 1.82) is 0 Å². The molecule has 1 unspecified atom stereocenters. The molecule has 0 amide bonds. The molecule has 0 fully saturated rings. The number of benzene rings is 1. The number of ether oxygens (including phenoxy) is 2. The zero-order chi connectivity index (χ0) is 15.6. The minimum Gasteiger partial charge on any atom is -0.495 e. The van der Waals surface area contributed by atoms with Gasteiger partial charge in [0.25, 0.3) is 0 Å². The van der Waals surface area contributed by atoms with Crippen LogP contribution in [0.4, 0.5) is 0 Å². The largest absolute Gasteiger partial charge is 0.495 e. The van der Waals surface area contributed by atoms with Crippen molar-refractivity contribution in [2.75, 3.05) is 14.2 Å². The van der Waals surface area contributed by atoms with E-state index in [0.29, 0.717) is 27.2 Å². The first-order valence-corrected chi connectivity index (χ1v) is 7.30. The lowest BCUT2D eigenvalue weighted by Crippen LogP contribution is -2.07. The van der Waals surface area contributed by atoms with Gasteiger partial charge >= 0.3 is 0 Å². The van der Waals surface area contributed by atoms with E-state index in [4.69, 9.17) is 9.47 Å². The predicted octanol–water partition coefficient (Wildman–Crippen LogP) is 3.56. The summed E-state index contributed by atoms with van der Waals surface area (Å²) in [5.74, 6) is 1.19. The Labute approximate surface area is 132 Å². The molecule has 1 aromatic carbocycles. The summed E-state index contributed by atoms with van der Waals surface area (Å²) in [6, 6.07) is 5.57. The Morgan fingerprint density at radius 3 is 2.48 bits per heavy atom. The third-order valence-corrected chi connectivity index (χ3v) is 4.08. The van der Waals surface area contributed by atoms with Gasteiger partial charge in [-0.15, -0.1) is 0 Å². The molecule has 0 radical (unpaired) electrons. The monoisotopic (exact) mass is 351 g/mol. The number of nitrogens with zero attached hydrogens (tertiary/aromatic N) is 1. The van der Waals surface area contributed by atoms with E-state index in [2.05, 4.69) is 20.9 Å². The van der Waals surface area contributed by atoms with E-state index in [1.54, 1.807) is 32.5 Å². The molecule has 1 N–H and O–H groups in total. The fourth-order valence-corrected chi connectivity index (χ4v) is 2.98. The average molecular weight is 352 g/mol. The van der Waals surface area contributed by atoms with E-state index in [-0.39, 0.29) is 0 Å². The summed E-state index contributed by atoms with van der Waals surface area (Å²) in [7, 11) is 3.15. The number of aliphatic hydroxyl groups is 1. The number of aromatic nitrogens is 1. The molecule has 0 saturated heterocycles. The van der Waals surface area contributed by atoms with Crippen LogP contribution in [0.3, 0.4) is 0 Å². The molecule has 0 saturated carbocycles. The number of pyridine rings is 1. The Bertz CT molecular complexity index is 658. The number of hydrogen-bond acceptors (Lipinski definition) is 4. The van der Waals surface area contributed by atoms with Crippen LogP contribution in [0.25, 0.3) is 0 Å². The third kappa shape index (κ3) is 3.04. The van der Waals surface area contributed by atoms with Crippen LogP contribution in [0.2, 0.25) is 0 Å². The van der Waals surface area contributed by atoms with E-state index in [1.165, 1.54) is 0 Å². The van der Waals surface area contributed by atoms with Crippen molar-refractivity contribution in [3.8, 4) is 11.5 Å². The van der Waals surface area contributed by atoms with Crippen molar-refractivity contribution in [2.24, 2.45) is 0 Å². The van der Waals surface area contributed by atoms with Gasteiger partial charge in [-0.2, -0.15) is 0 Å². The zero-order valence-electron chi connectivity index (χ0n) is 12.5. The Balaban J connectivity index is 2.52. The maximum Gasteiger partial charge on any atom is 0.143 e. The standard InChI is InChI=1S/C16H18BrNO3/c1-9-7-10(2)14(18-8-9)15(19)11-5-6-12(20-3)13(17)16(11)21-4/h5-8,15,19H,1-4H3. The van der Waals surface area contributed by atoms with Crippen molar-refractivity contribution in [1.82, 2.24) is 4.98 Å². The highest BCUT2D eigenvalue weighted by Gasteiger charge is 2.22. The molecule has 4 nitrogen and oxygen atoms in total. The first-order valence-electron chi connectivity index (χ1n) is 6.51. The third-order valence-electron chi connectivity index (χ3n) is 3.33. The van der Waals surface area contributed by atoms with Gasteiger partial charge in [-0.05, 0) is 53.0 Å². The highest BCUT2D eigenvalue weighted by atomic mass is 79.9. The Morgan fingerprint density at radius 2 is 1.90 bits per heavy atom. The van der Waals surface area contributed by atoms with Gasteiger partial charge < -0.3 is 14.6 Å². The van der Waals surface area contributed by atoms with Gasteiger partial charge in [-0.3, -0.25) is 4.98 Å². The quantitative estimate of drug-likeness (QED) is 0.914. The highest BCUT2D eigenvalue weighted by molar-refractivity contribution is 9.10. The predicted molar refractivity (Wildman–Crippen MR) is 85.0 cm³/mol. The first kappa shape index (κ1) is 15.8.